The molecule has 0 saturated carbocycles. The molecule has 0 aromatic heterocycles. The molecule has 0 aromatic carbocycles. The van der Waals surface area contributed by atoms with Crippen LogP contribution in [0.25, 0.3) is 0 Å². The molecule has 0 radical (unpaired) electrons. The lowest BCUT2D eigenvalue weighted by molar-refractivity contribution is -0.157. The summed E-state index contributed by atoms with van der Waals surface area (Å²) in [5, 5.41) is 10.6. The van der Waals surface area contributed by atoms with E-state index in [-0.39, 0.29) is 41.3 Å². The molecule has 0 amide bonds. The second-order valence-corrected chi connectivity index (χ2v) is 9.37. The lowest BCUT2D eigenvalue weighted by atomic mass is 9.92. The first-order valence-electron chi connectivity index (χ1n) is 9.53. The summed E-state index contributed by atoms with van der Waals surface area (Å²) in [6, 6.07) is 0. The number of carbonyl (C=O) groups is 3. The average Bonchev–Trinajstić information content (AvgIpc) is 2.65. The van der Waals surface area contributed by atoms with Crippen molar-refractivity contribution in [1.82, 2.24) is 0 Å². The number of ether oxygens (including phenoxy) is 1. The van der Waals surface area contributed by atoms with E-state index in [4.69, 9.17) is 4.74 Å². The number of ketones is 2. The van der Waals surface area contributed by atoms with Gasteiger partial charge in [-0.2, -0.15) is 0 Å². The molecule has 1 aliphatic carbocycles. The molecule has 0 saturated heterocycles. The van der Waals surface area contributed by atoms with Gasteiger partial charge >= 0.3 is 5.97 Å². The number of aliphatic hydroxyl groups excluding tert-OH is 1. The van der Waals surface area contributed by atoms with Gasteiger partial charge in [-0.3, -0.25) is 14.4 Å². The Bertz CT molecular complexity index is 578. The van der Waals surface area contributed by atoms with E-state index in [9.17, 15) is 19.5 Å². The highest BCUT2D eigenvalue weighted by Gasteiger charge is 2.47. The Labute approximate surface area is 157 Å². The van der Waals surface area contributed by atoms with E-state index in [1.165, 1.54) is 0 Å². The summed E-state index contributed by atoms with van der Waals surface area (Å²) in [6.45, 7) is 13.6. The van der Waals surface area contributed by atoms with E-state index < -0.39 is 23.8 Å². The number of carbonyl (C=O) groups excluding carboxylic acids is 3. The molecule has 5 nitrogen and oxygen atoms in total. The molecule has 1 rings (SSSR count). The fourth-order valence-corrected chi connectivity index (χ4v) is 3.09. The molecule has 0 aromatic rings. The summed E-state index contributed by atoms with van der Waals surface area (Å²) in [5.74, 6) is -1.77. The van der Waals surface area contributed by atoms with Crippen molar-refractivity contribution in [2.75, 3.05) is 0 Å². The fourth-order valence-electron chi connectivity index (χ4n) is 3.09. The molecule has 1 aliphatic rings. The van der Waals surface area contributed by atoms with Gasteiger partial charge in [0.05, 0.1) is 12.3 Å². The first kappa shape index (κ1) is 22.4. The molecular formula is C21H34O5. The average molecular weight is 366 g/mol. The van der Waals surface area contributed by atoms with Crippen molar-refractivity contribution in [1.29, 1.82) is 0 Å². The molecule has 0 fully saturated rings. The Morgan fingerprint density at radius 3 is 2.15 bits per heavy atom. The molecular weight excluding hydrogens is 332 g/mol. The highest BCUT2D eigenvalue weighted by molar-refractivity contribution is 6.24. The van der Waals surface area contributed by atoms with Gasteiger partial charge in [0.2, 0.25) is 5.78 Å². The summed E-state index contributed by atoms with van der Waals surface area (Å²) in [5.41, 5.74) is -0.432. The Kier molecular flexibility index (Phi) is 7.60. The summed E-state index contributed by atoms with van der Waals surface area (Å²) < 4.78 is 5.46. The van der Waals surface area contributed by atoms with E-state index in [0.29, 0.717) is 12.3 Å². The zero-order chi connectivity index (χ0) is 20.2. The fraction of sp³-hybridized carbons (Fsp3) is 0.762. The zero-order valence-corrected chi connectivity index (χ0v) is 17.2. The predicted octanol–water partition coefficient (Wildman–Crippen LogP) is 4.40. The SMILES string of the molecule is CC(C)CCC1C(O)=C(C(=O)CC(C)C)C(=O)C1OC(=O)CC(C)(C)C. The number of hydrogen-bond acceptors (Lipinski definition) is 5. The maximum absolute atomic E-state index is 12.8. The molecule has 0 aliphatic heterocycles. The third kappa shape index (κ3) is 6.26. The Morgan fingerprint density at radius 2 is 1.69 bits per heavy atom. The minimum absolute atomic E-state index is 0.0761. The maximum atomic E-state index is 12.8. The van der Waals surface area contributed by atoms with Gasteiger partial charge in [0.1, 0.15) is 11.3 Å². The topological polar surface area (TPSA) is 80.7 Å². The number of aliphatic hydroxyl groups is 1. The largest absolute Gasteiger partial charge is 0.511 e. The van der Waals surface area contributed by atoms with Gasteiger partial charge in [-0.25, -0.2) is 0 Å². The van der Waals surface area contributed by atoms with Crippen LogP contribution < -0.4 is 0 Å². The normalized spacial score (nSPS) is 21.0. The van der Waals surface area contributed by atoms with Crippen LogP contribution in [-0.2, 0) is 19.1 Å². The molecule has 1 N–H and O–H groups in total. The predicted molar refractivity (Wildman–Crippen MR) is 101 cm³/mol. The van der Waals surface area contributed by atoms with Crippen LogP contribution in [0.15, 0.2) is 11.3 Å². The molecule has 2 unspecified atom stereocenters. The molecule has 2 atom stereocenters. The first-order valence-corrected chi connectivity index (χ1v) is 9.53. The maximum Gasteiger partial charge on any atom is 0.307 e. The summed E-state index contributed by atoms with van der Waals surface area (Å²) >= 11 is 0. The van der Waals surface area contributed by atoms with Crippen LogP contribution in [0.4, 0.5) is 0 Å². The summed E-state index contributed by atoms with van der Waals surface area (Å²) in [6.07, 6.45) is 0.533. The van der Waals surface area contributed by atoms with Crippen molar-refractivity contribution in [3.8, 4) is 0 Å². The summed E-state index contributed by atoms with van der Waals surface area (Å²) in [4.78, 5) is 37.5. The minimum Gasteiger partial charge on any atom is -0.511 e. The lowest BCUT2D eigenvalue weighted by Gasteiger charge is -2.23. The smallest absolute Gasteiger partial charge is 0.307 e. The van der Waals surface area contributed by atoms with Crippen LogP contribution in [0.1, 0.15) is 74.1 Å². The van der Waals surface area contributed by atoms with Crippen LogP contribution >= 0.6 is 0 Å². The van der Waals surface area contributed by atoms with Crippen molar-refractivity contribution in [2.24, 2.45) is 23.2 Å². The number of Topliss-reactive ketones (excluding diaryl/α,β-unsaturated/α-hetero) is 2. The van der Waals surface area contributed by atoms with Gasteiger partial charge in [-0.1, -0.05) is 54.9 Å². The van der Waals surface area contributed by atoms with Crippen molar-refractivity contribution >= 4 is 17.5 Å². The van der Waals surface area contributed by atoms with Gasteiger partial charge in [-0.15, -0.1) is 0 Å². The Morgan fingerprint density at radius 1 is 1.12 bits per heavy atom. The Hall–Kier alpha value is -1.65. The monoisotopic (exact) mass is 366 g/mol. The second-order valence-electron chi connectivity index (χ2n) is 9.37. The van der Waals surface area contributed by atoms with Crippen molar-refractivity contribution in [3.05, 3.63) is 11.3 Å². The molecule has 148 valence electrons. The molecule has 0 heterocycles. The van der Waals surface area contributed by atoms with Gasteiger partial charge in [0.25, 0.3) is 0 Å². The summed E-state index contributed by atoms with van der Waals surface area (Å²) in [7, 11) is 0. The van der Waals surface area contributed by atoms with Gasteiger partial charge in [-0.05, 0) is 23.7 Å². The number of esters is 1. The first-order chi connectivity index (χ1) is 11.8. The highest BCUT2D eigenvalue weighted by atomic mass is 16.5. The van der Waals surface area contributed by atoms with Crippen LogP contribution in [0.3, 0.4) is 0 Å². The third-order valence-electron chi connectivity index (χ3n) is 4.34. The molecule has 0 bridgehead atoms. The number of rotatable bonds is 8. The van der Waals surface area contributed by atoms with E-state index in [0.717, 1.165) is 6.42 Å². The zero-order valence-electron chi connectivity index (χ0n) is 17.2. The van der Waals surface area contributed by atoms with E-state index in [1.54, 1.807) is 0 Å². The van der Waals surface area contributed by atoms with Crippen molar-refractivity contribution in [2.45, 2.75) is 80.3 Å². The highest BCUT2D eigenvalue weighted by Crippen LogP contribution is 2.36. The minimum atomic E-state index is -1.09. The van der Waals surface area contributed by atoms with Crippen LogP contribution in [0.5, 0.6) is 0 Å². The van der Waals surface area contributed by atoms with Gasteiger partial charge < -0.3 is 9.84 Å². The third-order valence-corrected chi connectivity index (χ3v) is 4.34. The van der Waals surface area contributed by atoms with Crippen molar-refractivity contribution in [3.63, 3.8) is 0 Å². The standard InChI is InChI=1S/C21H34O5/c1-12(2)8-9-14-18(24)17(15(22)10-13(3)4)19(25)20(14)26-16(23)11-21(5,6)7/h12-14,20,24H,8-11H2,1-7H3. The second kappa shape index (κ2) is 8.83. The van der Waals surface area contributed by atoms with Gasteiger partial charge in [0.15, 0.2) is 11.9 Å². The molecule has 5 heteroatoms. The number of hydrogen-bond donors (Lipinski definition) is 1. The van der Waals surface area contributed by atoms with E-state index in [2.05, 4.69) is 0 Å². The van der Waals surface area contributed by atoms with Crippen LogP contribution in [-0.4, -0.2) is 28.7 Å². The quantitative estimate of drug-likeness (QED) is 0.509. The lowest BCUT2D eigenvalue weighted by Crippen LogP contribution is -2.33. The van der Waals surface area contributed by atoms with Crippen LogP contribution in [0.2, 0.25) is 0 Å². The molecule has 0 spiro atoms. The molecule has 26 heavy (non-hydrogen) atoms. The van der Waals surface area contributed by atoms with Crippen LogP contribution in [0, 0.1) is 23.2 Å². The van der Waals surface area contributed by atoms with E-state index in [1.807, 2.05) is 48.5 Å². The van der Waals surface area contributed by atoms with Gasteiger partial charge in [0, 0.05) is 6.42 Å². The van der Waals surface area contributed by atoms with Crippen molar-refractivity contribution < 1.29 is 24.2 Å². The van der Waals surface area contributed by atoms with E-state index >= 15 is 0 Å². The Balaban J connectivity index is 3.05.